The zero-order valence-corrected chi connectivity index (χ0v) is 16.3. The fourth-order valence-corrected chi connectivity index (χ4v) is 2.85. The first-order valence-corrected chi connectivity index (χ1v) is 10.0. The van der Waals surface area contributed by atoms with Gasteiger partial charge in [-0.2, -0.15) is 11.8 Å². The maximum atomic E-state index is 12.4. The number of aryl methyl sites for hydroxylation is 1. The van der Waals surface area contributed by atoms with Gasteiger partial charge in [0.25, 0.3) is 5.91 Å². The van der Waals surface area contributed by atoms with Crippen molar-refractivity contribution in [3.8, 4) is 0 Å². The van der Waals surface area contributed by atoms with Gasteiger partial charge in [-0.15, -0.1) is 0 Å². The van der Waals surface area contributed by atoms with Crippen molar-refractivity contribution in [2.45, 2.75) is 19.4 Å². The molecule has 1 atom stereocenters. The molecule has 0 aliphatic carbocycles. The highest BCUT2D eigenvalue weighted by Gasteiger charge is 2.23. The number of ketones is 1. The Hall–Kier alpha value is -2.60. The van der Waals surface area contributed by atoms with Crippen molar-refractivity contribution in [1.29, 1.82) is 0 Å². The van der Waals surface area contributed by atoms with Gasteiger partial charge in [0.2, 0.25) is 0 Å². The van der Waals surface area contributed by atoms with Crippen LogP contribution in [0.1, 0.15) is 32.7 Å². The van der Waals surface area contributed by atoms with Crippen molar-refractivity contribution in [2.24, 2.45) is 0 Å². The molecule has 0 aliphatic rings. The first-order valence-electron chi connectivity index (χ1n) is 8.62. The largest absolute Gasteiger partial charge is 0.456 e. The molecule has 0 aromatic heterocycles. The maximum Gasteiger partial charge on any atom is 0.329 e. The van der Waals surface area contributed by atoms with Crippen molar-refractivity contribution in [3.63, 3.8) is 0 Å². The molecule has 1 N–H and O–H groups in total. The number of esters is 1. The van der Waals surface area contributed by atoms with E-state index in [1.54, 1.807) is 48.2 Å². The molecule has 0 unspecified atom stereocenters. The van der Waals surface area contributed by atoms with E-state index in [1.165, 1.54) is 0 Å². The molecule has 0 heterocycles. The fraction of sp³-hybridized carbons (Fsp3) is 0.286. The van der Waals surface area contributed by atoms with Gasteiger partial charge in [-0.3, -0.25) is 9.59 Å². The molecule has 2 aromatic carbocycles. The number of benzene rings is 2. The van der Waals surface area contributed by atoms with E-state index in [-0.39, 0.29) is 18.3 Å². The number of Topliss-reactive ketones (excluding diaryl/α,β-unsaturated/α-hetero) is 1. The van der Waals surface area contributed by atoms with Crippen molar-refractivity contribution in [1.82, 2.24) is 5.32 Å². The predicted molar refractivity (Wildman–Crippen MR) is 107 cm³/mol. The minimum atomic E-state index is -0.795. The summed E-state index contributed by atoms with van der Waals surface area (Å²) in [5.41, 5.74) is 2.00. The van der Waals surface area contributed by atoms with E-state index in [0.717, 1.165) is 5.56 Å². The van der Waals surface area contributed by atoms with Gasteiger partial charge in [0.05, 0.1) is 0 Å². The average molecular weight is 385 g/mol. The van der Waals surface area contributed by atoms with Crippen molar-refractivity contribution < 1.29 is 19.1 Å². The van der Waals surface area contributed by atoms with Gasteiger partial charge in [-0.1, -0.05) is 48.0 Å². The molecular formula is C21H23NO4S. The summed E-state index contributed by atoms with van der Waals surface area (Å²) in [5.74, 6) is -0.542. The Morgan fingerprint density at radius 3 is 2.30 bits per heavy atom. The number of carbonyl (C=O) groups is 3. The Balaban J connectivity index is 1.96. The van der Waals surface area contributed by atoms with Gasteiger partial charge in [-0.25, -0.2) is 4.79 Å². The van der Waals surface area contributed by atoms with E-state index in [2.05, 4.69) is 5.32 Å². The maximum absolute atomic E-state index is 12.4. The molecule has 2 rings (SSSR count). The summed E-state index contributed by atoms with van der Waals surface area (Å²) in [5, 5.41) is 2.70. The van der Waals surface area contributed by atoms with Crippen molar-refractivity contribution >= 4 is 29.4 Å². The second-order valence-corrected chi connectivity index (χ2v) is 7.06. The van der Waals surface area contributed by atoms with E-state index in [4.69, 9.17) is 4.74 Å². The molecule has 0 spiro atoms. The SMILES string of the molecule is CSCC[C@@H](NC(=O)c1ccccc1)C(=O)OCC(=O)c1ccc(C)cc1. The second-order valence-electron chi connectivity index (χ2n) is 6.07. The van der Waals surface area contributed by atoms with Crippen molar-refractivity contribution in [2.75, 3.05) is 18.6 Å². The highest BCUT2D eigenvalue weighted by Crippen LogP contribution is 2.08. The first-order chi connectivity index (χ1) is 13.0. The lowest BCUT2D eigenvalue weighted by atomic mass is 10.1. The van der Waals surface area contributed by atoms with Gasteiger partial charge < -0.3 is 10.1 Å². The van der Waals surface area contributed by atoms with Crippen LogP contribution in [0, 0.1) is 6.92 Å². The number of thioether (sulfide) groups is 1. The second kappa shape index (κ2) is 10.5. The van der Waals surface area contributed by atoms with Crippen LogP contribution in [-0.2, 0) is 9.53 Å². The van der Waals surface area contributed by atoms with Crippen molar-refractivity contribution in [3.05, 3.63) is 71.3 Å². The van der Waals surface area contributed by atoms with Gasteiger partial charge in [0.1, 0.15) is 6.04 Å². The molecule has 2 aromatic rings. The Bertz CT molecular complexity index is 775. The average Bonchev–Trinajstić information content (AvgIpc) is 2.70. The predicted octanol–water partition coefficient (Wildman–Crippen LogP) is 3.27. The van der Waals surface area contributed by atoms with Gasteiger partial charge in [0.15, 0.2) is 12.4 Å². The zero-order valence-electron chi connectivity index (χ0n) is 15.4. The number of carbonyl (C=O) groups excluding carboxylic acids is 3. The topological polar surface area (TPSA) is 72.5 Å². The number of nitrogens with one attached hydrogen (secondary N) is 1. The summed E-state index contributed by atoms with van der Waals surface area (Å²) in [6.07, 6.45) is 2.35. The van der Waals surface area contributed by atoms with E-state index in [1.807, 2.05) is 31.4 Å². The molecule has 27 heavy (non-hydrogen) atoms. The normalized spacial score (nSPS) is 11.5. The Labute approximate surface area is 163 Å². The standard InChI is InChI=1S/C21H23NO4S/c1-15-8-10-16(11-9-15)19(23)14-26-21(25)18(12-13-27-2)22-20(24)17-6-4-3-5-7-17/h3-11,18H,12-14H2,1-2H3,(H,22,24)/t18-/m1/s1. The van der Waals surface area contributed by atoms with Gasteiger partial charge in [0, 0.05) is 11.1 Å². The molecule has 142 valence electrons. The molecule has 0 saturated heterocycles. The number of amides is 1. The Kier molecular flexibility index (Phi) is 8.07. The summed E-state index contributed by atoms with van der Waals surface area (Å²) in [6.45, 7) is 1.58. The summed E-state index contributed by atoms with van der Waals surface area (Å²) in [7, 11) is 0. The minimum absolute atomic E-state index is 0.277. The number of ether oxygens (including phenoxy) is 1. The molecule has 6 heteroatoms. The van der Waals surface area contributed by atoms with Crippen LogP contribution < -0.4 is 5.32 Å². The highest BCUT2D eigenvalue weighted by molar-refractivity contribution is 7.98. The number of rotatable bonds is 9. The monoisotopic (exact) mass is 385 g/mol. The molecule has 0 fully saturated rings. The molecule has 1 amide bonds. The minimum Gasteiger partial charge on any atom is -0.456 e. The zero-order chi connectivity index (χ0) is 19.6. The highest BCUT2D eigenvalue weighted by atomic mass is 32.2. The lowest BCUT2D eigenvalue weighted by molar-refractivity contribution is -0.144. The van der Waals surface area contributed by atoms with Crippen LogP contribution in [0.4, 0.5) is 0 Å². The van der Waals surface area contributed by atoms with Crippen LogP contribution in [0.2, 0.25) is 0 Å². The van der Waals surface area contributed by atoms with Crippen LogP contribution in [-0.4, -0.2) is 42.3 Å². The Morgan fingerprint density at radius 2 is 1.67 bits per heavy atom. The molecule has 0 radical (unpaired) electrons. The quantitative estimate of drug-likeness (QED) is 0.530. The van der Waals surface area contributed by atoms with Crippen LogP contribution in [0.15, 0.2) is 54.6 Å². The molecule has 5 nitrogen and oxygen atoms in total. The summed E-state index contributed by atoms with van der Waals surface area (Å²) in [4.78, 5) is 36.9. The molecule has 0 bridgehead atoms. The summed E-state index contributed by atoms with van der Waals surface area (Å²) in [6, 6.07) is 14.9. The summed E-state index contributed by atoms with van der Waals surface area (Å²) >= 11 is 1.57. The molecule has 0 saturated carbocycles. The third-order valence-electron chi connectivity index (χ3n) is 3.96. The number of hydrogen-bond donors (Lipinski definition) is 1. The smallest absolute Gasteiger partial charge is 0.329 e. The summed E-state index contributed by atoms with van der Waals surface area (Å²) < 4.78 is 5.17. The van der Waals surface area contributed by atoms with Crippen LogP contribution in [0.25, 0.3) is 0 Å². The van der Waals surface area contributed by atoms with E-state index >= 15 is 0 Å². The molecule has 0 aliphatic heterocycles. The third kappa shape index (κ3) is 6.57. The third-order valence-corrected chi connectivity index (χ3v) is 4.60. The van der Waals surface area contributed by atoms with E-state index in [9.17, 15) is 14.4 Å². The van der Waals surface area contributed by atoms with Crippen LogP contribution in [0.5, 0.6) is 0 Å². The van der Waals surface area contributed by atoms with E-state index < -0.39 is 12.0 Å². The lowest BCUT2D eigenvalue weighted by Crippen LogP contribution is -2.42. The van der Waals surface area contributed by atoms with Gasteiger partial charge in [-0.05, 0) is 37.5 Å². The van der Waals surface area contributed by atoms with Crippen LogP contribution >= 0.6 is 11.8 Å². The Morgan fingerprint density at radius 1 is 1.00 bits per heavy atom. The van der Waals surface area contributed by atoms with Crippen LogP contribution in [0.3, 0.4) is 0 Å². The lowest BCUT2D eigenvalue weighted by Gasteiger charge is -2.17. The fourth-order valence-electron chi connectivity index (χ4n) is 2.38. The van der Waals surface area contributed by atoms with E-state index in [0.29, 0.717) is 23.3 Å². The molecular weight excluding hydrogens is 362 g/mol. The van der Waals surface area contributed by atoms with Gasteiger partial charge >= 0.3 is 5.97 Å². The number of hydrogen-bond acceptors (Lipinski definition) is 5. The first kappa shape index (κ1) is 20.7.